The number of primary amides is 2. The predicted octanol–water partition coefficient (Wildman–Crippen LogP) is 2.32. The number of hydrogen-bond donors (Lipinski definition) is 4. The molecule has 5 aromatic heterocycles. The van der Waals surface area contributed by atoms with E-state index in [2.05, 4.69) is 30.7 Å². The van der Waals surface area contributed by atoms with E-state index in [1.54, 1.807) is 60.4 Å². The number of anilines is 2. The molecule has 1 aliphatic rings. The van der Waals surface area contributed by atoms with E-state index in [1.807, 2.05) is 39.8 Å². The van der Waals surface area contributed by atoms with Crippen molar-refractivity contribution in [1.29, 1.82) is 0 Å². The molecule has 1 saturated heterocycles. The van der Waals surface area contributed by atoms with Gasteiger partial charge in [-0.2, -0.15) is 10.2 Å². The minimum atomic E-state index is -0.650. The first-order valence-corrected chi connectivity index (χ1v) is 20.2. The van der Waals surface area contributed by atoms with Gasteiger partial charge in [-0.05, 0) is 64.4 Å². The summed E-state index contributed by atoms with van der Waals surface area (Å²) >= 11 is 0. The lowest BCUT2D eigenvalue weighted by Crippen LogP contribution is -2.38. The third-order valence-electron chi connectivity index (χ3n) is 10.5. The molecular weight excluding hydrogens is 785 g/mol. The van der Waals surface area contributed by atoms with Gasteiger partial charge in [-0.3, -0.25) is 38.8 Å². The molecule has 7 rings (SSSR count). The molecule has 1 aliphatic heterocycles. The van der Waals surface area contributed by atoms with Crippen LogP contribution in [0.5, 0.6) is 5.75 Å². The SMILES string of the molecule is CCn1nc(C)cc1C(=O)Nc1nc2cc(C(N)=O)cc(OCCCN3CCOCC3)c2n1C/C=C/C[n+]1c(NC(=O)c2cc(C)nn2CC)n(C)c2cc(C(N)=O)cnc21. The van der Waals surface area contributed by atoms with Crippen LogP contribution in [-0.2, 0) is 38.0 Å². The molecule has 6 aromatic rings. The number of fused-ring (bicyclic) bond motifs is 2. The minimum Gasteiger partial charge on any atom is -0.491 e. The molecule has 0 spiro atoms. The molecule has 1 fully saturated rings. The summed E-state index contributed by atoms with van der Waals surface area (Å²) in [7, 11) is 1.76. The molecule has 4 amide bonds. The average Bonchev–Trinajstić information content (AvgIpc) is 3.99. The van der Waals surface area contributed by atoms with Crippen LogP contribution in [0.25, 0.3) is 22.2 Å². The number of nitrogens with one attached hydrogen (secondary N) is 2. The van der Waals surface area contributed by atoms with Gasteiger partial charge in [-0.25, -0.2) is 19.4 Å². The molecule has 320 valence electrons. The Morgan fingerprint density at radius 1 is 0.885 bits per heavy atom. The zero-order chi connectivity index (χ0) is 43.4. The number of ether oxygens (including phenoxy) is 2. The molecule has 0 radical (unpaired) electrons. The smallest absolute Gasteiger partial charge is 0.324 e. The van der Waals surface area contributed by atoms with E-state index in [9.17, 15) is 19.2 Å². The first-order valence-electron chi connectivity index (χ1n) is 20.2. The topological polar surface area (TPSA) is 241 Å². The van der Waals surface area contributed by atoms with Crippen molar-refractivity contribution in [2.24, 2.45) is 18.5 Å². The standard InChI is InChI=1S/C41H50N14O6/c1-6-54-31(19-25(3)48-54)38(58)46-40-45-29-21-27(35(42)56)23-33(61-16-10-11-51-14-17-60-18-15-51)34(29)52(40)12-8-9-13-53-37-30(22-28(24-44-37)36(43)57)50(5)41(53)47-39(59)32-20-26(4)49-55(32)7-2/h8-9,19-24H,6-7,10-18H2,1-5H3,(H5,42,43,45,46,56,57,58)/p+1/b9-8+. The third kappa shape index (κ3) is 8.99. The van der Waals surface area contributed by atoms with Crippen molar-refractivity contribution in [1.82, 2.24) is 43.6 Å². The van der Waals surface area contributed by atoms with Crippen LogP contribution in [0.4, 0.5) is 11.9 Å². The lowest BCUT2D eigenvalue weighted by molar-refractivity contribution is -0.648. The summed E-state index contributed by atoms with van der Waals surface area (Å²) in [6.45, 7) is 13.1. The number of hydrogen-bond acceptors (Lipinski definition) is 11. The van der Waals surface area contributed by atoms with Crippen molar-refractivity contribution in [2.45, 2.75) is 60.3 Å². The molecule has 0 saturated carbocycles. The molecule has 6 N–H and O–H groups in total. The van der Waals surface area contributed by atoms with E-state index >= 15 is 0 Å². The Morgan fingerprint density at radius 2 is 1.54 bits per heavy atom. The number of carbonyl (C=O) groups excluding carboxylic acids is 4. The Hall–Kier alpha value is -6.93. The van der Waals surface area contributed by atoms with Crippen LogP contribution >= 0.6 is 0 Å². The zero-order valence-electron chi connectivity index (χ0n) is 35.0. The maximum atomic E-state index is 13.8. The van der Waals surface area contributed by atoms with Gasteiger partial charge in [-0.15, -0.1) is 4.98 Å². The highest BCUT2D eigenvalue weighted by molar-refractivity contribution is 6.04. The number of rotatable bonds is 17. The van der Waals surface area contributed by atoms with Gasteiger partial charge in [0.1, 0.15) is 22.7 Å². The predicted molar refractivity (Wildman–Crippen MR) is 225 cm³/mol. The number of imidazole rings is 2. The first-order chi connectivity index (χ1) is 29.4. The van der Waals surface area contributed by atoms with E-state index < -0.39 is 17.7 Å². The van der Waals surface area contributed by atoms with Crippen LogP contribution in [0, 0.1) is 13.8 Å². The van der Waals surface area contributed by atoms with Gasteiger partial charge >= 0.3 is 11.9 Å². The van der Waals surface area contributed by atoms with Crippen LogP contribution in [0.15, 0.2) is 48.7 Å². The van der Waals surface area contributed by atoms with Gasteiger partial charge in [0.15, 0.2) is 5.52 Å². The second-order valence-electron chi connectivity index (χ2n) is 14.7. The number of nitrogens with two attached hydrogens (primary N) is 2. The normalized spacial score (nSPS) is 13.4. The molecule has 0 bridgehead atoms. The molecular formula is C41H51N14O6+. The molecule has 6 heterocycles. The van der Waals surface area contributed by atoms with Crippen LogP contribution in [0.3, 0.4) is 0 Å². The third-order valence-corrected chi connectivity index (χ3v) is 10.5. The zero-order valence-corrected chi connectivity index (χ0v) is 35.0. The highest BCUT2D eigenvalue weighted by atomic mass is 16.5. The van der Waals surface area contributed by atoms with E-state index in [0.717, 1.165) is 26.1 Å². The summed E-state index contributed by atoms with van der Waals surface area (Å²) in [5, 5.41) is 14.8. The van der Waals surface area contributed by atoms with Gasteiger partial charge in [0, 0.05) is 51.9 Å². The van der Waals surface area contributed by atoms with Crippen LogP contribution in [0.1, 0.15) is 73.3 Å². The van der Waals surface area contributed by atoms with Crippen molar-refractivity contribution >= 4 is 57.7 Å². The second-order valence-corrected chi connectivity index (χ2v) is 14.7. The summed E-state index contributed by atoms with van der Waals surface area (Å²) in [6, 6.07) is 8.22. The molecule has 0 unspecified atom stereocenters. The highest BCUT2D eigenvalue weighted by Gasteiger charge is 2.27. The number of carbonyl (C=O) groups is 4. The number of nitrogens with zero attached hydrogens (tertiary/aromatic N) is 10. The van der Waals surface area contributed by atoms with Crippen LogP contribution < -0.4 is 31.4 Å². The second kappa shape index (κ2) is 18.1. The lowest BCUT2D eigenvalue weighted by Gasteiger charge is -2.26. The van der Waals surface area contributed by atoms with Crippen molar-refractivity contribution in [3.8, 4) is 5.75 Å². The van der Waals surface area contributed by atoms with E-state index in [-0.39, 0.29) is 36.1 Å². The number of benzene rings is 1. The Kier molecular flexibility index (Phi) is 12.5. The Balaban J connectivity index is 1.24. The number of amides is 4. The summed E-state index contributed by atoms with van der Waals surface area (Å²) in [5.41, 5.74) is 15.9. The number of allylic oxidation sites excluding steroid dienone is 2. The van der Waals surface area contributed by atoms with Crippen molar-refractivity contribution in [3.05, 3.63) is 82.6 Å². The first kappa shape index (κ1) is 42.2. The van der Waals surface area contributed by atoms with Crippen molar-refractivity contribution < 1.29 is 33.2 Å². The summed E-state index contributed by atoms with van der Waals surface area (Å²) in [5.74, 6) is -1.09. The maximum Gasteiger partial charge on any atom is 0.324 e. The van der Waals surface area contributed by atoms with Gasteiger partial charge < -0.3 is 25.5 Å². The summed E-state index contributed by atoms with van der Waals surface area (Å²) in [6.07, 6.45) is 5.88. The van der Waals surface area contributed by atoms with Gasteiger partial charge in [0.2, 0.25) is 11.9 Å². The van der Waals surface area contributed by atoms with Gasteiger partial charge in [0.05, 0.1) is 55.0 Å². The lowest BCUT2D eigenvalue weighted by atomic mass is 10.1. The Morgan fingerprint density at radius 3 is 2.18 bits per heavy atom. The molecule has 0 aliphatic carbocycles. The van der Waals surface area contributed by atoms with Crippen LogP contribution in [0.2, 0.25) is 0 Å². The summed E-state index contributed by atoms with van der Waals surface area (Å²) in [4.78, 5) is 63.8. The number of aryl methyl sites for hydroxylation is 5. The fourth-order valence-corrected chi connectivity index (χ4v) is 7.44. The van der Waals surface area contributed by atoms with Crippen molar-refractivity contribution in [2.75, 3.05) is 50.1 Å². The largest absolute Gasteiger partial charge is 0.491 e. The number of pyridine rings is 1. The molecule has 20 heteroatoms. The molecule has 1 aromatic carbocycles. The Labute approximate surface area is 351 Å². The maximum absolute atomic E-state index is 13.8. The van der Waals surface area contributed by atoms with Crippen LogP contribution in [-0.4, -0.2) is 107 Å². The Bertz CT molecular complexity index is 2660. The number of morpholine rings is 1. The molecule has 20 nitrogen and oxygen atoms in total. The fraction of sp³-hybridized carbons (Fsp3) is 0.390. The van der Waals surface area contributed by atoms with Crippen molar-refractivity contribution in [3.63, 3.8) is 0 Å². The van der Waals surface area contributed by atoms with E-state index in [1.165, 1.54) is 6.20 Å². The minimum absolute atomic E-state index is 0.194. The molecule has 61 heavy (non-hydrogen) atoms. The molecule has 0 atom stereocenters. The van der Waals surface area contributed by atoms with E-state index in [0.29, 0.717) is 89.6 Å². The average molecular weight is 836 g/mol. The van der Waals surface area contributed by atoms with Gasteiger partial charge in [0.25, 0.3) is 17.5 Å². The highest BCUT2D eigenvalue weighted by Crippen LogP contribution is 2.31. The quantitative estimate of drug-likeness (QED) is 0.0591. The van der Waals surface area contributed by atoms with Gasteiger partial charge in [-0.1, -0.05) is 12.2 Å². The fourth-order valence-electron chi connectivity index (χ4n) is 7.44. The van der Waals surface area contributed by atoms with E-state index in [4.69, 9.17) is 25.9 Å². The summed E-state index contributed by atoms with van der Waals surface area (Å²) < 4.78 is 20.4. The monoisotopic (exact) mass is 835 g/mol. The number of aromatic nitrogens is 9.